The van der Waals surface area contributed by atoms with Crippen molar-refractivity contribution in [3.05, 3.63) is 90.0 Å². The van der Waals surface area contributed by atoms with Gasteiger partial charge in [-0.1, -0.05) is 37.6 Å². The first kappa shape index (κ1) is 31.6. The van der Waals surface area contributed by atoms with E-state index in [1.807, 2.05) is 6.19 Å². The lowest BCUT2D eigenvalue weighted by molar-refractivity contribution is -0.128. The molecule has 1 aromatic heterocycles. The number of hydrogen-bond acceptors (Lipinski definition) is 6. The molecule has 15 heteroatoms. The third kappa shape index (κ3) is 7.57. The quantitative estimate of drug-likeness (QED) is 0.223. The van der Waals surface area contributed by atoms with E-state index in [2.05, 4.69) is 10.3 Å². The molecule has 2 heterocycles. The van der Waals surface area contributed by atoms with Crippen LogP contribution < -0.4 is 10.2 Å². The monoisotopic (exact) mass is 627 g/mol. The summed E-state index contributed by atoms with van der Waals surface area (Å²) in [5.41, 5.74) is 0.420. The highest BCUT2D eigenvalue weighted by atomic mass is 32.5. The number of pyridine rings is 1. The Morgan fingerprint density at radius 2 is 1.86 bits per heavy atom. The minimum Gasteiger partial charge on any atom is -0.379 e. The van der Waals surface area contributed by atoms with Crippen molar-refractivity contribution in [3.8, 4) is 6.19 Å². The van der Waals surface area contributed by atoms with Crippen LogP contribution in [0.5, 0.6) is 0 Å². The topological polar surface area (TPSA) is 98.6 Å². The molecule has 3 atom stereocenters. The molecular formula is C28H27F6N5O3S. The van der Waals surface area contributed by atoms with Gasteiger partial charge in [0.25, 0.3) is 5.91 Å². The standard InChI is InChI=1S/C28H27F6N5O3S/c1-42-23-15-25(38(17-23)18-35)28(41)39(22-7-9-24(10-8-22)43(30,31,32,33)34)26(20-5-3-12-36-16-20)27(40)37-13-11-19-4-2-6-21(29)14-19/h2-10,12,14,16,23,25-26H,11,13,15,17H2,1H3,(H,37,40)/t23?,25-,26?/m1/s1. The summed E-state index contributed by atoms with van der Waals surface area (Å²) in [6.07, 6.45) is 4.24. The van der Waals surface area contributed by atoms with Crippen LogP contribution >= 0.6 is 10.2 Å². The van der Waals surface area contributed by atoms with Crippen molar-refractivity contribution >= 4 is 27.7 Å². The van der Waals surface area contributed by atoms with Crippen LogP contribution in [0.2, 0.25) is 0 Å². The molecule has 0 bridgehead atoms. The first-order valence-electron chi connectivity index (χ1n) is 12.9. The van der Waals surface area contributed by atoms with E-state index in [1.54, 1.807) is 6.07 Å². The lowest BCUT2D eigenvalue weighted by Crippen LogP contribution is -2.50. The van der Waals surface area contributed by atoms with Gasteiger partial charge in [-0.2, -0.15) is 5.26 Å². The molecule has 2 amide bonds. The normalized spacial score (nSPS) is 19.1. The van der Waals surface area contributed by atoms with E-state index in [9.17, 15) is 38.7 Å². The summed E-state index contributed by atoms with van der Waals surface area (Å²) in [6, 6.07) is 7.54. The molecule has 2 unspecified atom stereocenters. The highest BCUT2D eigenvalue weighted by Gasteiger charge is 2.65. The Hall–Kier alpha value is -4.29. The Balaban J connectivity index is 1.76. The highest BCUT2D eigenvalue weighted by molar-refractivity contribution is 8.45. The minimum absolute atomic E-state index is 0.0102. The fourth-order valence-corrected chi connectivity index (χ4v) is 5.47. The molecule has 0 saturated carbocycles. The van der Waals surface area contributed by atoms with Gasteiger partial charge in [-0.15, -0.1) is 0 Å². The van der Waals surface area contributed by atoms with E-state index in [0.717, 1.165) is 9.80 Å². The van der Waals surface area contributed by atoms with Crippen molar-refractivity contribution in [2.75, 3.05) is 25.1 Å². The molecule has 1 saturated heterocycles. The van der Waals surface area contributed by atoms with E-state index in [-0.39, 0.29) is 49.3 Å². The van der Waals surface area contributed by atoms with Crippen molar-refractivity contribution in [3.63, 3.8) is 0 Å². The van der Waals surface area contributed by atoms with Crippen LogP contribution in [0.15, 0.2) is 78.0 Å². The number of benzene rings is 2. The minimum atomic E-state index is -10.1. The molecule has 1 fully saturated rings. The van der Waals surface area contributed by atoms with Gasteiger partial charge in [0.2, 0.25) is 5.91 Å². The average Bonchev–Trinajstić information content (AvgIpc) is 3.39. The van der Waals surface area contributed by atoms with E-state index < -0.39 is 50.9 Å². The molecule has 43 heavy (non-hydrogen) atoms. The largest absolute Gasteiger partial charge is 0.379 e. The second-order valence-electron chi connectivity index (χ2n) is 9.89. The molecule has 1 N–H and O–H groups in total. The molecule has 1 aliphatic rings. The number of carbonyl (C=O) groups is 2. The number of nitriles is 1. The predicted molar refractivity (Wildman–Crippen MR) is 147 cm³/mol. The Morgan fingerprint density at radius 3 is 2.44 bits per heavy atom. The average molecular weight is 628 g/mol. The van der Waals surface area contributed by atoms with Crippen molar-refractivity contribution in [2.24, 2.45) is 0 Å². The second kappa shape index (κ2) is 11.4. The molecule has 4 rings (SSSR count). The van der Waals surface area contributed by atoms with Gasteiger partial charge in [0.1, 0.15) is 22.8 Å². The van der Waals surface area contributed by atoms with Crippen molar-refractivity contribution in [1.82, 2.24) is 15.2 Å². The number of methoxy groups -OCH3 is 1. The lowest BCUT2D eigenvalue weighted by Gasteiger charge is -2.41. The number of likely N-dealkylation sites (tertiary alicyclic amines) is 1. The second-order valence-corrected chi connectivity index (χ2v) is 12.3. The highest BCUT2D eigenvalue weighted by Crippen LogP contribution is 3.02. The van der Waals surface area contributed by atoms with Crippen LogP contribution in [-0.2, 0) is 20.7 Å². The molecule has 0 spiro atoms. The van der Waals surface area contributed by atoms with Gasteiger partial charge >= 0.3 is 10.2 Å². The molecule has 8 nitrogen and oxygen atoms in total. The zero-order chi connectivity index (χ0) is 31.5. The van der Waals surface area contributed by atoms with Crippen LogP contribution in [0.3, 0.4) is 0 Å². The number of rotatable bonds is 10. The zero-order valence-corrected chi connectivity index (χ0v) is 23.5. The van der Waals surface area contributed by atoms with Crippen LogP contribution in [0.25, 0.3) is 0 Å². The Bertz CT molecular complexity index is 1520. The first-order chi connectivity index (χ1) is 20.1. The van der Waals surface area contributed by atoms with Gasteiger partial charge in [-0.05, 0) is 54.4 Å². The maximum absolute atomic E-state index is 14.1. The first-order valence-corrected chi connectivity index (χ1v) is 14.8. The number of nitrogens with zero attached hydrogens (tertiary/aromatic N) is 4. The van der Waals surface area contributed by atoms with E-state index in [1.165, 1.54) is 49.8 Å². The number of hydrogen-bond donors (Lipinski definition) is 1. The van der Waals surface area contributed by atoms with E-state index >= 15 is 0 Å². The molecule has 0 radical (unpaired) electrons. The van der Waals surface area contributed by atoms with Gasteiger partial charge in [-0.25, -0.2) is 4.39 Å². The van der Waals surface area contributed by atoms with Crippen molar-refractivity contribution in [2.45, 2.75) is 35.9 Å². The third-order valence-electron chi connectivity index (χ3n) is 6.92. The van der Waals surface area contributed by atoms with E-state index in [0.29, 0.717) is 17.7 Å². The molecule has 3 aromatic rings. The summed E-state index contributed by atoms with van der Waals surface area (Å²) >= 11 is 0. The van der Waals surface area contributed by atoms with Gasteiger partial charge in [0.15, 0.2) is 6.19 Å². The van der Waals surface area contributed by atoms with Crippen LogP contribution in [-0.4, -0.2) is 54.0 Å². The van der Waals surface area contributed by atoms with Gasteiger partial charge in [-0.3, -0.25) is 24.4 Å². The molecule has 230 valence electrons. The number of nitrogens with one attached hydrogen (secondary N) is 1. The summed E-state index contributed by atoms with van der Waals surface area (Å²) in [5, 5.41) is 12.3. The fourth-order valence-electron chi connectivity index (χ4n) is 4.82. The molecular weight excluding hydrogens is 600 g/mol. The predicted octanol–water partition coefficient (Wildman–Crippen LogP) is 5.88. The summed E-state index contributed by atoms with van der Waals surface area (Å²) in [7, 11) is -8.67. The van der Waals surface area contributed by atoms with Crippen molar-refractivity contribution < 1.29 is 38.1 Å². The van der Waals surface area contributed by atoms with Crippen LogP contribution in [0.4, 0.5) is 29.5 Å². The number of amides is 2. The Labute approximate surface area is 243 Å². The van der Waals surface area contributed by atoms with Gasteiger partial charge in [0.05, 0.1) is 12.6 Å². The fraction of sp³-hybridized carbons (Fsp3) is 0.286. The number of aromatic nitrogens is 1. The van der Waals surface area contributed by atoms with Crippen molar-refractivity contribution in [1.29, 1.82) is 5.26 Å². The summed E-state index contributed by atoms with van der Waals surface area (Å²) in [6.45, 7) is 0.0293. The number of carbonyl (C=O) groups excluding carboxylic acids is 2. The van der Waals surface area contributed by atoms with Crippen LogP contribution in [0.1, 0.15) is 23.6 Å². The number of halogens is 6. The number of anilines is 1. The summed E-state index contributed by atoms with van der Waals surface area (Å²) in [5.74, 6) is -2.11. The maximum Gasteiger partial charge on any atom is 0.310 e. The maximum atomic E-state index is 14.1. The third-order valence-corrected chi connectivity index (χ3v) is 8.08. The molecule has 2 aromatic carbocycles. The lowest BCUT2D eigenvalue weighted by atomic mass is 10.0. The summed E-state index contributed by atoms with van der Waals surface area (Å²) < 4.78 is 86.3. The summed E-state index contributed by atoms with van der Waals surface area (Å²) in [4.78, 5) is 31.7. The van der Waals surface area contributed by atoms with Gasteiger partial charge in [0, 0.05) is 43.7 Å². The zero-order valence-electron chi connectivity index (χ0n) is 22.7. The number of ether oxygens (including phenoxy) is 1. The molecule has 0 aliphatic carbocycles. The van der Waals surface area contributed by atoms with Gasteiger partial charge < -0.3 is 10.1 Å². The van der Waals surface area contributed by atoms with Crippen LogP contribution in [0, 0.1) is 17.3 Å². The Kier molecular flexibility index (Phi) is 8.40. The van der Waals surface area contributed by atoms with E-state index in [4.69, 9.17) is 4.74 Å². The smallest absolute Gasteiger partial charge is 0.310 e. The Morgan fingerprint density at radius 1 is 1.14 bits per heavy atom. The SMILES string of the molecule is COC1C[C@H](C(=O)N(c2ccc(S(F)(F)(F)(F)F)cc2)C(C(=O)NCCc2cccc(F)c2)c2cccnc2)N(C#N)C1. The molecule has 1 aliphatic heterocycles.